The molecule has 0 bridgehead atoms. The first-order valence-corrected chi connectivity index (χ1v) is 11.6. The van der Waals surface area contributed by atoms with Gasteiger partial charge in [0.1, 0.15) is 11.8 Å². The van der Waals surface area contributed by atoms with Crippen LogP contribution in [0.4, 0.5) is 14.6 Å². The molecule has 1 saturated carbocycles. The van der Waals surface area contributed by atoms with Crippen molar-refractivity contribution in [3.8, 4) is 5.75 Å². The number of nitrogens with zero attached hydrogens (tertiary/aromatic N) is 3. The molecule has 2 heterocycles. The van der Waals surface area contributed by atoms with Crippen molar-refractivity contribution < 1.29 is 33.3 Å². The van der Waals surface area contributed by atoms with Gasteiger partial charge in [0.2, 0.25) is 5.91 Å². The monoisotopic (exact) mass is 490 g/mol. The highest BCUT2D eigenvalue weighted by molar-refractivity contribution is 5.99. The zero-order valence-corrected chi connectivity index (χ0v) is 19.1. The Labute approximate surface area is 201 Å². The van der Waals surface area contributed by atoms with Crippen molar-refractivity contribution in [2.75, 3.05) is 18.5 Å². The molecule has 0 saturated heterocycles. The number of ether oxygens (including phenoxy) is 1. The lowest BCUT2D eigenvalue weighted by Crippen LogP contribution is -2.46. The Morgan fingerprint density at radius 3 is 2.63 bits per heavy atom. The van der Waals surface area contributed by atoms with Gasteiger partial charge in [0.25, 0.3) is 5.91 Å². The minimum Gasteiger partial charge on any atom is -0.453 e. The van der Waals surface area contributed by atoms with Crippen molar-refractivity contribution >= 4 is 17.6 Å². The molecule has 1 aromatic heterocycles. The van der Waals surface area contributed by atoms with Gasteiger partial charge in [-0.05, 0) is 24.5 Å². The Morgan fingerprint density at radius 1 is 1.23 bits per heavy atom. The molecule has 1 aromatic carbocycles. The molecule has 1 aliphatic heterocycles. The van der Waals surface area contributed by atoms with Gasteiger partial charge in [0, 0.05) is 18.3 Å². The Morgan fingerprint density at radius 2 is 1.94 bits per heavy atom. The summed E-state index contributed by atoms with van der Waals surface area (Å²) in [5, 5.41) is 25.5. The van der Waals surface area contributed by atoms with Crippen molar-refractivity contribution in [2.45, 2.75) is 50.8 Å². The quantitative estimate of drug-likeness (QED) is 0.470. The molecule has 35 heavy (non-hydrogen) atoms. The number of aliphatic hydroxyl groups is 2. The van der Waals surface area contributed by atoms with E-state index < -0.39 is 48.0 Å². The van der Waals surface area contributed by atoms with Gasteiger partial charge in [-0.1, -0.05) is 31.7 Å². The van der Waals surface area contributed by atoms with Crippen LogP contribution in [0.25, 0.3) is 0 Å². The second kappa shape index (κ2) is 11.0. The summed E-state index contributed by atoms with van der Waals surface area (Å²) >= 11 is 0. The van der Waals surface area contributed by atoms with Gasteiger partial charge in [0.05, 0.1) is 25.8 Å². The maximum Gasteiger partial charge on any atom is 0.251 e. The zero-order chi connectivity index (χ0) is 24.9. The molecule has 11 heteroatoms. The number of benzene rings is 1. The van der Waals surface area contributed by atoms with Crippen LogP contribution in [0.1, 0.15) is 32.1 Å². The molecular weight excluding hydrogens is 462 g/mol. The highest BCUT2D eigenvalue weighted by Gasteiger charge is 2.37. The predicted molar refractivity (Wildman–Crippen MR) is 121 cm³/mol. The fraction of sp³-hybridized carbons (Fsp3) is 0.458. The molecule has 188 valence electrons. The molecule has 2 unspecified atom stereocenters. The van der Waals surface area contributed by atoms with Crippen LogP contribution in [0, 0.1) is 17.6 Å². The first-order chi connectivity index (χ1) is 16.8. The summed E-state index contributed by atoms with van der Waals surface area (Å²) < 4.78 is 34.8. The fourth-order valence-corrected chi connectivity index (χ4v) is 4.50. The Hall–Kier alpha value is -3.31. The van der Waals surface area contributed by atoms with Crippen LogP contribution in [-0.4, -0.2) is 62.0 Å². The Kier molecular flexibility index (Phi) is 7.76. The summed E-state index contributed by atoms with van der Waals surface area (Å²) in [5.74, 6) is -2.74. The lowest BCUT2D eigenvalue weighted by atomic mass is 9.96. The van der Waals surface area contributed by atoms with Crippen molar-refractivity contribution in [2.24, 2.45) is 5.92 Å². The number of aliphatic hydroxyl groups excluding tert-OH is 2. The molecule has 9 nitrogen and oxygen atoms in total. The third-order valence-corrected chi connectivity index (χ3v) is 6.26. The number of rotatable bonds is 10. The standard InChI is InChI=1S/C24H28F2N4O5/c25-18-6-3-7-19(26)23(18)35-17-11-22(33)30(13-17)20(10-15-4-1-2-5-15)24(34)27-21-8-9-29(28-21)12-16(32)14-31/h3,6-9,11,15-16,20,31-32H,1-2,4-5,10,12-14H2,(H,27,28,34). The minimum atomic E-state index is -0.987. The molecular formula is C24H28F2N4O5. The third kappa shape index (κ3) is 6.04. The Balaban J connectivity index is 1.47. The molecule has 2 aliphatic rings. The summed E-state index contributed by atoms with van der Waals surface area (Å²) in [6.07, 6.45) is 6.18. The molecule has 2 aromatic rings. The van der Waals surface area contributed by atoms with E-state index in [0.29, 0.717) is 6.42 Å². The van der Waals surface area contributed by atoms with Crippen molar-refractivity contribution in [1.82, 2.24) is 14.7 Å². The smallest absolute Gasteiger partial charge is 0.251 e. The van der Waals surface area contributed by atoms with Gasteiger partial charge in [-0.15, -0.1) is 0 Å². The van der Waals surface area contributed by atoms with E-state index in [1.165, 1.54) is 15.6 Å². The van der Waals surface area contributed by atoms with Crippen molar-refractivity contribution in [3.05, 3.63) is 53.9 Å². The molecule has 2 amide bonds. The molecule has 0 radical (unpaired) electrons. The lowest BCUT2D eigenvalue weighted by Gasteiger charge is -2.29. The minimum absolute atomic E-state index is 0.0468. The fourth-order valence-electron chi connectivity index (χ4n) is 4.50. The van der Waals surface area contributed by atoms with Crippen LogP contribution >= 0.6 is 0 Å². The predicted octanol–water partition coefficient (Wildman–Crippen LogP) is 2.21. The van der Waals surface area contributed by atoms with E-state index in [2.05, 4.69) is 10.4 Å². The van der Waals surface area contributed by atoms with Crippen molar-refractivity contribution in [1.29, 1.82) is 0 Å². The third-order valence-electron chi connectivity index (χ3n) is 6.26. The number of hydrogen-bond acceptors (Lipinski definition) is 6. The number of para-hydroxylation sites is 1. The Bertz CT molecular complexity index is 1080. The molecule has 4 rings (SSSR count). The van der Waals surface area contributed by atoms with Crippen LogP contribution < -0.4 is 10.1 Å². The summed E-state index contributed by atoms with van der Waals surface area (Å²) in [5.41, 5.74) is 0. The van der Waals surface area contributed by atoms with Gasteiger partial charge in [-0.3, -0.25) is 14.3 Å². The SMILES string of the molecule is O=C(Nc1ccn(CC(O)CO)n1)C(CC1CCCC1)N1CC(Oc2c(F)cccc2F)=CC1=O. The number of amides is 2. The van der Waals surface area contributed by atoms with Crippen LogP contribution in [-0.2, 0) is 16.1 Å². The summed E-state index contributed by atoms with van der Waals surface area (Å²) in [4.78, 5) is 27.4. The van der Waals surface area contributed by atoms with E-state index in [0.717, 1.165) is 43.9 Å². The topological polar surface area (TPSA) is 117 Å². The number of carbonyl (C=O) groups excluding carboxylic acids is 2. The number of carbonyl (C=O) groups is 2. The normalized spacial score (nSPS) is 18.0. The van der Waals surface area contributed by atoms with Crippen molar-refractivity contribution in [3.63, 3.8) is 0 Å². The summed E-state index contributed by atoms with van der Waals surface area (Å²) in [6, 6.07) is 4.05. The van der Waals surface area contributed by atoms with Gasteiger partial charge < -0.3 is 25.2 Å². The number of hydrogen-bond donors (Lipinski definition) is 3. The number of anilines is 1. The number of halogens is 2. The van der Waals surface area contributed by atoms with Crippen LogP contribution in [0.15, 0.2) is 42.3 Å². The van der Waals surface area contributed by atoms with Gasteiger partial charge in [-0.2, -0.15) is 5.10 Å². The maximum atomic E-state index is 14.0. The van der Waals surface area contributed by atoms with Gasteiger partial charge in [0.15, 0.2) is 23.2 Å². The molecule has 1 aliphatic carbocycles. The van der Waals surface area contributed by atoms with Gasteiger partial charge in [-0.25, -0.2) is 8.78 Å². The van der Waals surface area contributed by atoms with E-state index in [1.807, 2.05) is 0 Å². The number of aromatic nitrogens is 2. The van der Waals surface area contributed by atoms with E-state index in [9.17, 15) is 23.5 Å². The summed E-state index contributed by atoms with van der Waals surface area (Å²) in [6.45, 7) is -0.468. The highest BCUT2D eigenvalue weighted by atomic mass is 19.1. The first kappa shape index (κ1) is 24.8. The van der Waals surface area contributed by atoms with E-state index >= 15 is 0 Å². The second-order valence-electron chi connectivity index (χ2n) is 8.88. The van der Waals surface area contributed by atoms with Crippen LogP contribution in [0.2, 0.25) is 0 Å². The van der Waals surface area contributed by atoms with E-state index in [-0.39, 0.29) is 30.6 Å². The molecule has 1 fully saturated rings. The second-order valence-corrected chi connectivity index (χ2v) is 8.88. The van der Waals surface area contributed by atoms with Crippen LogP contribution in [0.5, 0.6) is 5.75 Å². The largest absolute Gasteiger partial charge is 0.453 e. The lowest BCUT2D eigenvalue weighted by molar-refractivity contribution is -0.134. The summed E-state index contributed by atoms with van der Waals surface area (Å²) in [7, 11) is 0. The molecule has 2 atom stereocenters. The molecule has 3 N–H and O–H groups in total. The highest BCUT2D eigenvalue weighted by Crippen LogP contribution is 2.32. The van der Waals surface area contributed by atoms with Gasteiger partial charge >= 0.3 is 0 Å². The van der Waals surface area contributed by atoms with Crippen LogP contribution in [0.3, 0.4) is 0 Å². The molecule has 0 spiro atoms. The average molecular weight is 491 g/mol. The average Bonchev–Trinajstić information content (AvgIpc) is 3.57. The number of nitrogens with one attached hydrogen (secondary N) is 1. The first-order valence-electron chi connectivity index (χ1n) is 11.6. The zero-order valence-electron chi connectivity index (χ0n) is 19.1. The van der Waals surface area contributed by atoms with E-state index in [4.69, 9.17) is 9.84 Å². The van der Waals surface area contributed by atoms with E-state index in [1.54, 1.807) is 12.3 Å². The maximum absolute atomic E-state index is 14.0.